The van der Waals surface area contributed by atoms with Gasteiger partial charge in [-0.25, -0.2) is 0 Å². The summed E-state index contributed by atoms with van der Waals surface area (Å²) in [6.45, 7) is 2.21. The second kappa shape index (κ2) is 2.19. The van der Waals surface area contributed by atoms with Gasteiger partial charge in [0.05, 0.1) is 0 Å². The minimum Gasteiger partial charge on any atom is -0.327 e. The van der Waals surface area contributed by atoms with E-state index in [9.17, 15) is 0 Å². The molecule has 11 heavy (non-hydrogen) atoms. The molecule has 2 aliphatic carbocycles. The fraction of sp³-hybridized carbons (Fsp3) is 1.00. The van der Waals surface area contributed by atoms with Crippen LogP contribution in [-0.2, 0) is 0 Å². The summed E-state index contributed by atoms with van der Waals surface area (Å²) in [6.07, 6.45) is 3.60. The highest BCUT2D eigenvalue weighted by atomic mass is 15.3. The van der Waals surface area contributed by atoms with Gasteiger partial charge in [-0.15, -0.1) is 0 Å². The molecule has 0 radical (unpaired) electrons. The summed E-state index contributed by atoms with van der Waals surface area (Å²) < 4.78 is 0. The molecule has 0 saturated heterocycles. The molecular weight excluding hydrogens is 138 g/mol. The van der Waals surface area contributed by atoms with E-state index in [4.69, 9.17) is 11.6 Å². The van der Waals surface area contributed by atoms with Crippen molar-refractivity contribution in [1.29, 1.82) is 0 Å². The number of nitrogens with one attached hydrogen (secondary N) is 1. The number of rotatable bonds is 1. The van der Waals surface area contributed by atoms with Crippen molar-refractivity contribution >= 4 is 0 Å². The van der Waals surface area contributed by atoms with Crippen LogP contribution in [0.15, 0.2) is 0 Å². The Morgan fingerprint density at radius 2 is 2.18 bits per heavy atom. The molecule has 0 aliphatic heterocycles. The van der Waals surface area contributed by atoms with Gasteiger partial charge in [0.2, 0.25) is 0 Å². The summed E-state index contributed by atoms with van der Waals surface area (Å²) >= 11 is 0. The van der Waals surface area contributed by atoms with E-state index in [0.29, 0.717) is 12.0 Å². The summed E-state index contributed by atoms with van der Waals surface area (Å²) in [5.74, 6) is 6.95. The van der Waals surface area contributed by atoms with E-state index in [2.05, 4.69) is 12.3 Å². The molecule has 4 atom stereocenters. The van der Waals surface area contributed by atoms with Crippen molar-refractivity contribution < 1.29 is 0 Å². The molecule has 2 aliphatic rings. The summed E-state index contributed by atoms with van der Waals surface area (Å²) in [5, 5.41) is 0. The van der Waals surface area contributed by atoms with Crippen molar-refractivity contribution in [3.05, 3.63) is 0 Å². The lowest BCUT2D eigenvalue weighted by molar-refractivity contribution is 0.219. The summed E-state index contributed by atoms with van der Waals surface area (Å²) in [5.41, 5.74) is 9.04. The van der Waals surface area contributed by atoms with Gasteiger partial charge in [0, 0.05) is 11.6 Å². The van der Waals surface area contributed by atoms with Gasteiger partial charge in [-0.05, 0) is 38.0 Å². The normalized spacial score (nSPS) is 55.4. The summed E-state index contributed by atoms with van der Waals surface area (Å²) in [6, 6.07) is 0.446. The Morgan fingerprint density at radius 1 is 1.45 bits per heavy atom. The fourth-order valence-corrected chi connectivity index (χ4v) is 2.80. The predicted molar refractivity (Wildman–Crippen MR) is 44.5 cm³/mol. The van der Waals surface area contributed by atoms with Crippen molar-refractivity contribution in [2.24, 2.45) is 23.4 Å². The minimum atomic E-state index is 0.181. The van der Waals surface area contributed by atoms with E-state index < -0.39 is 0 Å². The van der Waals surface area contributed by atoms with E-state index in [1.165, 1.54) is 6.42 Å². The largest absolute Gasteiger partial charge is 0.327 e. The average Bonchev–Trinajstić information content (AvgIpc) is 2.45. The first kappa shape index (κ1) is 7.53. The van der Waals surface area contributed by atoms with Crippen LogP contribution in [0.2, 0.25) is 0 Å². The average molecular weight is 155 g/mol. The van der Waals surface area contributed by atoms with Gasteiger partial charge in [0.15, 0.2) is 0 Å². The quantitative estimate of drug-likeness (QED) is 0.368. The maximum Gasteiger partial charge on any atom is 0.0325 e. The first-order valence-corrected chi connectivity index (χ1v) is 4.39. The Morgan fingerprint density at radius 3 is 2.55 bits per heavy atom. The van der Waals surface area contributed by atoms with Gasteiger partial charge in [-0.3, -0.25) is 11.3 Å². The molecule has 4 unspecified atom stereocenters. The predicted octanol–water partition coefficient (Wildman–Crippen LogP) is -0.0344. The lowest BCUT2D eigenvalue weighted by Crippen LogP contribution is -2.53. The second-order valence-electron chi connectivity index (χ2n) is 4.36. The van der Waals surface area contributed by atoms with Crippen molar-refractivity contribution in [1.82, 2.24) is 5.43 Å². The van der Waals surface area contributed by atoms with Gasteiger partial charge in [-0.2, -0.15) is 0 Å². The summed E-state index contributed by atoms with van der Waals surface area (Å²) in [4.78, 5) is 0. The first-order valence-electron chi connectivity index (χ1n) is 4.39. The van der Waals surface area contributed by atoms with Crippen LogP contribution in [0.25, 0.3) is 0 Å². The number of fused-ring (bicyclic) bond motifs is 2. The zero-order valence-corrected chi connectivity index (χ0v) is 7.01. The fourth-order valence-electron chi connectivity index (χ4n) is 2.80. The minimum absolute atomic E-state index is 0.181. The van der Waals surface area contributed by atoms with Crippen molar-refractivity contribution in [2.45, 2.75) is 37.8 Å². The second-order valence-corrected chi connectivity index (χ2v) is 4.36. The molecule has 5 N–H and O–H groups in total. The Kier molecular flexibility index (Phi) is 1.50. The third-order valence-corrected chi connectivity index (χ3v) is 3.67. The molecule has 64 valence electrons. The number of nitrogens with two attached hydrogens (primary N) is 2. The molecule has 0 aromatic carbocycles. The topological polar surface area (TPSA) is 64.1 Å². The van der Waals surface area contributed by atoms with Gasteiger partial charge in [-0.1, -0.05) is 0 Å². The Balaban J connectivity index is 2.13. The number of hydrogen-bond acceptors (Lipinski definition) is 3. The molecule has 3 nitrogen and oxygen atoms in total. The van der Waals surface area contributed by atoms with E-state index in [1.807, 2.05) is 0 Å². The molecule has 0 spiro atoms. The number of hydrazine groups is 1. The lowest BCUT2D eigenvalue weighted by Gasteiger charge is -2.35. The van der Waals surface area contributed by atoms with Crippen LogP contribution in [0.1, 0.15) is 26.2 Å². The molecule has 2 rings (SSSR count). The third kappa shape index (κ3) is 0.916. The van der Waals surface area contributed by atoms with Crippen LogP contribution < -0.4 is 17.0 Å². The summed E-state index contributed by atoms with van der Waals surface area (Å²) in [7, 11) is 0. The molecule has 2 bridgehead atoms. The van der Waals surface area contributed by atoms with Crippen LogP contribution in [-0.4, -0.2) is 11.6 Å². The van der Waals surface area contributed by atoms with E-state index in [0.717, 1.165) is 18.8 Å². The first-order chi connectivity index (χ1) is 5.15. The number of hydrogen-bond donors (Lipinski definition) is 3. The molecule has 0 aromatic heterocycles. The van der Waals surface area contributed by atoms with Gasteiger partial charge in [0.1, 0.15) is 0 Å². The monoisotopic (exact) mass is 155 g/mol. The van der Waals surface area contributed by atoms with Crippen LogP contribution in [0, 0.1) is 11.8 Å². The Bertz CT molecular complexity index is 169. The maximum absolute atomic E-state index is 5.93. The molecule has 0 amide bonds. The molecular formula is C8H17N3. The lowest BCUT2D eigenvalue weighted by atomic mass is 9.81. The Hall–Kier alpha value is -0.120. The molecule has 3 heteroatoms. The molecule has 0 aromatic rings. The molecule has 2 saturated carbocycles. The van der Waals surface area contributed by atoms with E-state index in [1.54, 1.807) is 0 Å². The van der Waals surface area contributed by atoms with Crippen molar-refractivity contribution in [3.63, 3.8) is 0 Å². The highest BCUT2D eigenvalue weighted by molar-refractivity contribution is 5.07. The van der Waals surface area contributed by atoms with Crippen LogP contribution in [0.5, 0.6) is 0 Å². The van der Waals surface area contributed by atoms with Gasteiger partial charge >= 0.3 is 0 Å². The third-order valence-electron chi connectivity index (χ3n) is 3.67. The van der Waals surface area contributed by atoms with Crippen LogP contribution in [0.3, 0.4) is 0 Å². The van der Waals surface area contributed by atoms with Crippen molar-refractivity contribution in [3.8, 4) is 0 Å². The van der Waals surface area contributed by atoms with E-state index in [-0.39, 0.29) is 5.54 Å². The SMILES string of the molecule is CC1(NN)CC2CC1CC2N. The molecule has 0 heterocycles. The zero-order valence-electron chi connectivity index (χ0n) is 7.01. The van der Waals surface area contributed by atoms with Crippen molar-refractivity contribution in [2.75, 3.05) is 0 Å². The smallest absolute Gasteiger partial charge is 0.0325 e. The standard InChI is InChI=1S/C8H17N3/c1-8(11-10)4-5-2-6(8)3-7(5)9/h5-7,11H,2-4,9-10H2,1H3. The Labute approximate surface area is 67.5 Å². The zero-order chi connectivity index (χ0) is 8.06. The highest BCUT2D eigenvalue weighted by Gasteiger charge is 2.50. The maximum atomic E-state index is 5.93. The molecule has 2 fully saturated rings. The van der Waals surface area contributed by atoms with E-state index >= 15 is 0 Å². The van der Waals surface area contributed by atoms with Gasteiger partial charge in [0.25, 0.3) is 0 Å². The highest BCUT2D eigenvalue weighted by Crippen LogP contribution is 2.49. The van der Waals surface area contributed by atoms with Crippen LogP contribution >= 0.6 is 0 Å². The van der Waals surface area contributed by atoms with Gasteiger partial charge < -0.3 is 5.73 Å². The van der Waals surface area contributed by atoms with Crippen LogP contribution in [0.4, 0.5) is 0 Å².